The van der Waals surface area contributed by atoms with Gasteiger partial charge in [0.05, 0.1) is 23.0 Å². The molecule has 1 rings (SSSR count). The predicted octanol–water partition coefficient (Wildman–Crippen LogP) is 1.53. The van der Waals surface area contributed by atoms with E-state index in [-0.39, 0.29) is 0 Å². The normalized spacial score (nSPS) is 13.1. The first-order valence-electron chi connectivity index (χ1n) is 4.60. The Bertz CT molecular complexity index is 269. The summed E-state index contributed by atoms with van der Waals surface area (Å²) in [7, 11) is 1.76. The van der Waals surface area contributed by atoms with Crippen molar-refractivity contribution in [1.29, 1.82) is 0 Å². The molecule has 0 radical (unpaired) electrons. The highest BCUT2D eigenvalue weighted by Crippen LogP contribution is 2.23. The van der Waals surface area contributed by atoms with Crippen LogP contribution < -0.4 is 0 Å². The molecule has 80 valence electrons. The van der Waals surface area contributed by atoms with Crippen molar-refractivity contribution in [2.24, 2.45) is 7.05 Å². The van der Waals surface area contributed by atoms with Gasteiger partial charge in [0.15, 0.2) is 0 Å². The van der Waals surface area contributed by atoms with Crippen molar-refractivity contribution < 1.29 is 9.84 Å². The molecule has 0 saturated carbocycles. The second kappa shape index (κ2) is 5.34. The van der Waals surface area contributed by atoms with Crippen molar-refractivity contribution >= 4 is 11.6 Å². The number of aliphatic hydroxyl groups is 1. The number of hydrogen-bond donors (Lipinski definition) is 1. The van der Waals surface area contributed by atoms with Crippen LogP contribution in [0.4, 0.5) is 0 Å². The van der Waals surface area contributed by atoms with Crippen LogP contribution in [0.3, 0.4) is 0 Å². The number of ether oxygens (including phenoxy) is 1. The minimum absolute atomic E-state index is 0.497. The molecular weight excluding hydrogens is 204 g/mol. The summed E-state index contributed by atoms with van der Waals surface area (Å²) < 4.78 is 6.73. The van der Waals surface area contributed by atoms with E-state index in [0.29, 0.717) is 30.4 Å². The average Bonchev–Trinajstić information content (AvgIpc) is 2.46. The Kier molecular flexibility index (Phi) is 4.38. The van der Waals surface area contributed by atoms with Crippen molar-refractivity contribution in [3.8, 4) is 0 Å². The van der Waals surface area contributed by atoms with Crippen molar-refractivity contribution in [3.05, 3.63) is 16.9 Å². The van der Waals surface area contributed by atoms with E-state index in [0.717, 1.165) is 0 Å². The second-order valence-corrected chi connectivity index (χ2v) is 3.41. The largest absolute Gasteiger partial charge is 0.387 e. The van der Waals surface area contributed by atoms with Gasteiger partial charge in [0, 0.05) is 26.7 Å². The third-order valence-corrected chi connectivity index (χ3v) is 2.28. The van der Waals surface area contributed by atoms with Crippen LogP contribution >= 0.6 is 11.6 Å². The first kappa shape index (κ1) is 11.5. The van der Waals surface area contributed by atoms with Crippen LogP contribution in [0.15, 0.2) is 6.20 Å². The van der Waals surface area contributed by atoms with E-state index in [1.54, 1.807) is 11.7 Å². The maximum absolute atomic E-state index is 9.77. The van der Waals surface area contributed by atoms with Gasteiger partial charge in [0.2, 0.25) is 0 Å². The molecular formula is C9H15ClN2O2. The van der Waals surface area contributed by atoms with Gasteiger partial charge in [-0.1, -0.05) is 11.6 Å². The van der Waals surface area contributed by atoms with Crippen molar-refractivity contribution in [2.75, 3.05) is 13.2 Å². The number of aliphatic hydroxyl groups excluding tert-OH is 1. The van der Waals surface area contributed by atoms with Gasteiger partial charge in [-0.3, -0.25) is 4.68 Å². The lowest BCUT2D eigenvalue weighted by molar-refractivity contribution is 0.0847. The molecule has 1 unspecified atom stereocenters. The van der Waals surface area contributed by atoms with Gasteiger partial charge in [-0.2, -0.15) is 5.10 Å². The lowest BCUT2D eigenvalue weighted by Crippen LogP contribution is -2.08. The van der Waals surface area contributed by atoms with Gasteiger partial charge in [0.25, 0.3) is 0 Å². The fourth-order valence-corrected chi connectivity index (χ4v) is 1.56. The van der Waals surface area contributed by atoms with Crippen LogP contribution in [0.25, 0.3) is 0 Å². The molecule has 1 aromatic heterocycles. The van der Waals surface area contributed by atoms with Gasteiger partial charge in [0.1, 0.15) is 0 Å². The highest BCUT2D eigenvalue weighted by atomic mass is 35.5. The van der Waals surface area contributed by atoms with Gasteiger partial charge in [-0.15, -0.1) is 0 Å². The van der Waals surface area contributed by atoms with Crippen LogP contribution in [-0.4, -0.2) is 28.1 Å². The Balaban J connectivity index is 2.55. The quantitative estimate of drug-likeness (QED) is 0.763. The number of nitrogens with zero attached hydrogens (tertiary/aromatic N) is 2. The van der Waals surface area contributed by atoms with Crippen LogP contribution in [0.1, 0.15) is 25.1 Å². The number of hydrogen-bond acceptors (Lipinski definition) is 3. The van der Waals surface area contributed by atoms with E-state index in [1.807, 2.05) is 6.92 Å². The van der Waals surface area contributed by atoms with Crippen LogP contribution in [-0.2, 0) is 11.8 Å². The molecule has 0 fully saturated rings. The SMILES string of the molecule is CCOCCC(O)c1c(Cl)cnn1C. The van der Waals surface area contributed by atoms with Crippen LogP contribution in [0, 0.1) is 0 Å². The maximum atomic E-state index is 9.77. The molecule has 4 nitrogen and oxygen atoms in total. The number of aryl methyl sites for hydroxylation is 1. The molecule has 1 atom stereocenters. The van der Waals surface area contributed by atoms with E-state index in [2.05, 4.69) is 5.10 Å². The summed E-state index contributed by atoms with van der Waals surface area (Å²) in [6.45, 7) is 3.11. The standard InChI is InChI=1S/C9H15ClN2O2/c1-3-14-5-4-8(13)9-7(10)6-11-12(9)2/h6,8,13H,3-5H2,1-2H3. The summed E-state index contributed by atoms with van der Waals surface area (Å²) in [6, 6.07) is 0. The third kappa shape index (κ3) is 2.70. The molecule has 0 saturated heterocycles. The highest BCUT2D eigenvalue weighted by Gasteiger charge is 2.15. The summed E-state index contributed by atoms with van der Waals surface area (Å²) in [5.41, 5.74) is 0.645. The Hall–Kier alpha value is -0.580. The van der Waals surface area contributed by atoms with E-state index >= 15 is 0 Å². The van der Waals surface area contributed by atoms with Gasteiger partial charge in [-0.05, 0) is 6.92 Å². The molecule has 5 heteroatoms. The van der Waals surface area contributed by atoms with Gasteiger partial charge < -0.3 is 9.84 Å². The molecule has 0 aliphatic carbocycles. The molecule has 0 aliphatic heterocycles. The average molecular weight is 219 g/mol. The number of aromatic nitrogens is 2. The predicted molar refractivity (Wildman–Crippen MR) is 54.3 cm³/mol. The first-order chi connectivity index (χ1) is 6.66. The molecule has 14 heavy (non-hydrogen) atoms. The zero-order valence-electron chi connectivity index (χ0n) is 8.40. The van der Waals surface area contributed by atoms with E-state index in [1.165, 1.54) is 6.20 Å². The Morgan fingerprint density at radius 1 is 1.71 bits per heavy atom. The first-order valence-corrected chi connectivity index (χ1v) is 4.97. The minimum Gasteiger partial charge on any atom is -0.387 e. The highest BCUT2D eigenvalue weighted by molar-refractivity contribution is 6.31. The minimum atomic E-state index is -0.610. The fourth-order valence-electron chi connectivity index (χ4n) is 1.27. The fraction of sp³-hybridized carbons (Fsp3) is 0.667. The lowest BCUT2D eigenvalue weighted by atomic mass is 10.2. The molecule has 1 aromatic rings. The van der Waals surface area contributed by atoms with E-state index in [4.69, 9.17) is 16.3 Å². The zero-order chi connectivity index (χ0) is 10.6. The van der Waals surface area contributed by atoms with Gasteiger partial charge in [-0.25, -0.2) is 0 Å². The topological polar surface area (TPSA) is 47.3 Å². The Morgan fingerprint density at radius 3 is 2.93 bits per heavy atom. The summed E-state index contributed by atoms with van der Waals surface area (Å²) in [6.07, 6.45) is 1.45. The summed E-state index contributed by atoms with van der Waals surface area (Å²) in [4.78, 5) is 0. The third-order valence-electron chi connectivity index (χ3n) is 1.99. The summed E-state index contributed by atoms with van der Waals surface area (Å²) >= 11 is 5.87. The molecule has 0 spiro atoms. The van der Waals surface area contributed by atoms with Crippen LogP contribution in [0.5, 0.6) is 0 Å². The maximum Gasteiger partial charge on any atom is 0.0993 e. The number of rotatable bonds is 5. The monoisotopic (exact) mass is 218 g/mol. The zero-order valence-corrected chi connectivity index (χ0v) is 9.16. The Labute approximate surface area is 88.4 Å². The summed E-state index contributed by atoms with van der Waals surface area (Å²) in [5.74, 6) is 0. The molecule has 0 bridgehead atoms. The number of halogens is 1. The van der Waals surface area contributed by atoms with E-state index < -0.39 is 6.10 Å². The second-order valence-electron chi connectivity index (χ2n) is 3.00. The molecule has 1 heterocycles. The van der Waals surface area contributed by atoms with Crippen LogP contribution in [0.2, 0.25) is 5.02 Å². The van der Waals surface area contributed by atoms with Crippen molar-refractivity contribution in [2.45, 2.75) is 19.4 Å². The van der Waals surface area contributed by atoms with Crippen molar-refractivity contribution in [3.63, 3.8) is 0 Å². The van der Waals surface area contributed by atoms with Crippen molar-refractivity contribution in [1.82, 2.24) is 9.78 Å². The summed E-state index contributed by atoms with van der Waals surface area (Å²) in [5, 5.41) is 14.2. The molecule has 0 amide bonds. The lowest BCUT2D eigenvalue weighted by Gasteiger charge is -2.11. The van der Waals surface area contributed by atoms with Gasteiger partial charge >= 0.3 is 0 Å². The smallest absolute Gasteiger partial charge is 0.0993 e. The molecule has 0 aromatic carbocycles. The molecule has 1 N–H and O–H groups in total. The Morgan fingerprint density at radius 2 is 2.43 bits per heavy atom. The molecule has 0 aliphatic rings. The van der Waals surface area contributed by atoms with E-state index in [9.17, 15) is 5.11 Å².